The quantitative estimate of drug-likeness (QED) is 0.0329. The average molecular weight is 2000 g/mol. The Kier molecular flexibility index (Phi) is 32.1. The number of carbonyl (C=O) groups excluding carboxylic acids is 14. The van der Waals surface area contributed by atoms with Crippen molar-refractivity contribution in [1.82, 2.24) is 109 Å². The fraction of sp³-hybridized carbons (Fsp3) is 0.477. The fourth-order valence-electron chi connectivity index (χ4n) is 19.8. The van der Waals surface area contributed by atoms with E-state index in [1.807, 2.05) is 71.9 Å². The van der Waals surface area contributed by atoms with Crippen molar-refractivity contribution in [2.45, 2.75) is 273 Å². The molecular weight excluding hydrogens is 1880 g/mol. The molecule has 0 radical (unpaired) electrons. The topological polar surface area (TPSA) is 504 Å². The smallest absolute Gasteiger partial charge is 0.231 e. The largest absolute Gasteiger partial charge is 0.331 e. The maximum atomic E-state index is 14.1. The van der Waals surface area contributed by atoms with E-state index < -0.39 is 11.8 Å². The van der Waals surface area contributed by atoms with Gasteiger partial charge in [-0.25, -0.2) is 8.78 Å². The van der Waals surface area contributed by atoms with E-state index in [1.54, 1.807) is 32.9 Å². The summed E-state index contributed by atoms with van der Waals surface area (Å²) in [5, 5.41) is 75.7. The first-order chi connectivity index (χ1) is 68.9. The molecule has 0 spiro atoms. The zero-order valence-corrected chi connectivity index (χ0v) is 84.8. The van der Waals surface area contributed by atoms with Gasteiger partial charge >= 0.3 is 0 Å². The van der Waals surface area contributed by atoms with E-state index in [9.17, 15) is 75.9 Å². The predicted octanol–water partition coefficient (Wildman–Crippen LogP) is 13.2. The van der Waals surface area contributed by atoms with Crippen molar-refractivity contribution in [2.24, 2.45) is 53.3 Å². The van der Waals surface area contributed by atoms with Crippen molar-refractivity contribution in [3.63, 3.8) is 0 Å². The summed E-state index contributed by atoms with van der Waals surface area (Å²) in [6, 6.07) is 13.3. The number of alkyl halides is 2. The van der Waals surface area contributed by atoms with E-state index in [0.29, 0.717) is 149 Å². The molecule has 35 nitrogen and oxygen atoms in total. The number of halogens is 3. The predicted molar refractivity (Wildman–Crippen MR) is 530 cm³/mol. The van der Waals surface area contributed by atoms with Gasteiger partial charge in [-0.05, 0) is 296 Å². The minimum absolute atomic E-state index is 0.0245. The van der Waals surface area contributed by atoms with E-state index in [-0.39, 0.29) is 150 Å². The number of hydrogen-bond acceptors (Lipinski definition) is 28. The molecular formula is C107H120ClF2N21O14. The van der Waals surface area contributed by atoms with Crippen LogP contribution in [0.1, 0.15) is 333 Å². The van der Waals surface area contributed by atoms with Gasteiger partial charge < -0.3 is 37.2 Å². The SMILES string of the molecule is CC(C)[C@H]1C[C@@H]1c1cc(C2=CNC(=O)CC2=O)nnc1Cl.CC[C@H]1C[C@@H]1c1cc(C2=CNC(=O)CC2=O)nnc1C.Cc1nnc(C2=CNC(=O)CC2=O)cc1C1CC1.Cc1nnc(C2=CNC(=O)CC2=O)cc1C1C[C@@H]1C(C)F.Cc1nnc(C2=CNC(=O)CC2=O)cc1[C@H]1C[C@@H]1C(C)(C)F.Cc1nnc(C2=CNC(=O)CC2=O)cc1[C@H]1C[C@@H]1C(C)C.Cc1nnc(C2=CNC(=O)CC2=O)cc1[C@H]1C[C@@H]1CC(C)C. The third kappa shape index (κ3) is 25.8. The highest BCUT2D eigenvalue weighted by Gasteiger charge is 2.51. The lowest BCUT2D eigenvalue weighted by atomic mass is 9.97. The molecule has 0 saturated heterocycles. The van der Waals surface area contributed by atoms with Crippen LogP contribution in [0.15, 0.2) is 85.9 Å². The van der Waals surface area contributed by atoms with Gasteiger partial charge in [0.25, 0.3) is 0 Å². The van der Waals surface area contributed by atoms with E-state index in [1.165, 1.54) is 111 Å². The van der Waals surface area contributed by atoms with Crippen LogP contribution in [0.4, 0.5) is 8.78 Å². The summed E-state index contributed by atoms with van der Waals surface area (Å²) in [6.07, 6.45) is 19.1. The Labute approximate surface area is 842 Å². The third-order valence-corrected chi connectivity index (χ3v) is 29.2. The van der Waals surface area contributed by atoms with Gasteiger partial charge in [0.2, 0.25) is 41.4 Å². The van der Waals surface area contributed by atoms with Crippen LogP contribution in [0.5, 0.6) is 0 Å². The van der Waals surface area contributed by atoms with Crippen LogP contribution in [-0.4, -0.2) is 165 Å². The van der Waals surface area contributed by atoms with Gasteiger partial charge in [0.05, 0.1) is 158 Å². The molecule has 0 bridgehead atoms. The van der Waals surface area contributed by atoms with E-state index >= 15 is 0 Å². The first kappa shape index (κ1) is 105. The van der Waals surface area contributed by atoms with Crippen molar-refractivity contribution in [2.75, 3.05) is 0 Å². The van der Waals surface area contributed by atoms with Gasteiger partial charge in [-0.2, -0.15) is 61.2 Å². The summed E-state index contributed by atoms with van der Waals surface area (Å²) in [5.41, 5.74) is 18.1. The van der Waals surface area contributed by atoms with Crippen molar-refractivity contribution in [3.05, 3.63) is 204 Å². The minimum atomic E-state index is -1.23. The number of amides is 7. The zero-order valence-electron chi connectivity index (χ0n) is 84.0. The number of nitrogens with one attached hydrogen (secondary N) is 7. The van der Waals surface area contributed by atoms with Crippen LogP contribution in [0.2, 0.25) is 5.15 Å². The molecule has 7 amide bonds. The molecule has 7 saturated carbocycles. The molecule has 758 valence electrons. The Balaban J connectivity index is 0.000000127. The van der Waals surface area contributed by atoms with Gasteiger partial charge in [-0.15, -0.1) is 10.2 Å². The lowest BCUT2D eigenvalue weighted by Crippen LogP contribution is -2.27. The van der Waals surface area contributed by atoms with Crippen molar-refractivity contribution in [3.8, 4) is 0 Å². The van der Waals surface area contributed by atoms with Crippen LogP contribution in [0, 0.1) is 94.8 Å². The Morgan fingerprint density at radius 1 is 0.317 bits per heavy atom. The first-order valence-corrected chi connectivity index (χ1v) is 49.9. The normalized spacial score (nSPS) is 24.3. The Bertz CT molecular complexity index is 6460. The number of hydrogen-bond donors (Lipinski definition) is 7. The highest BCUT2D eigenvalue weighted by atomic mass is 35.5. The van der Waals surface area contributed by atoms with Crippen molar-refractivity contribution >= 4 is 132 Å². The summed E-state index contributed by atoms with van der Waals surface area (Å²) in [6.45, 7) is 31.8. The summed E-state index contributed by atoms with van der Waals surface area (Å²) in [5.74, 6) is 3.90. The number of ketones is 7. The number of rotatable bonds is 21. The Hall–Kier alpha value is -14.1. The summed E-state index contributed by atoms with van der Waals surface area (Å²) in [4.78, 5) is 162. The molecule has 7 fully saturated rings. The van der Waals surface area contributed by atoms with E-state index in [0.717, 1.165) is 76.0 Å². The highest BCUT2D eigenvalue weighted by Crippen LogP contribution is 2.58. The van der Waals surface area contributed by atoms with Gasteiger partial charge in [-0.1, -0.05) is 66.5 Å². The van der Waals surface area contributed by atoms with E-state index in [2.05, 4.69) is 157 Å². The number of aromatic nitrogens is 14. The first-order valence-electron chi connectivity index (χ1n) is 49.5. The molecule has 38 heteroatoms. The maximum Gasteiger partial charge on any atom is 0.231 e. The fourth-order valence-corrected chi connectivity index (χ4v) is 20.1. The molecule has 21 rings (SSSR count). The summed E-state index contributed by atoms with van der Waals surface area (Å²) in [7, 11) is 0. The minimum Gasteiger partial charge on any atom is -0.331 e. The second kappa shape index (κ2) is 44.2. The second-order valence-corrected chi connectivity index (χ2v) is 41.7. The molecule has 7 N–H and O–H groups in total. The molecule has 145 heavy (non-hydrogen) atoms. The number of carbonyl (C=O) groups is 14. The third-order valence-electron chi connectivity index (χ3n) is 28.9. The van der Waals surface area contributed by atoms with E-state index in [4.69, 9.17) is 11.6 Å². The molecule has 7 aliphatic carbocycles. The van der Waals surface area contributed by atoms with Crippen LogP contribution in [0.25, 0.3) is 39.0 Å². The molecule has 7 aromatic rings. The Morgan fingerprint density at radius 2 is 0.559 bits per heavy atom. The zero-order chi connectivity index (χ0) is 104. The molecule has 14 aliphatic rings. The van der Waals surface area contributed by atoms with Crippen LogP contribution < -0.4 is 37.2 Å². The molecule has 0 aromatic carbocycles. The van der Waals surface area contributed by atoms with Gasteiger partial charge in [0.1, 0.15) is 11.8 Å². The molecule has 2 unspecified atom stereocenters. The summed E-state index contributed by atoms with van der Waals surface area (Å²) >= 11 is 6.15. The lowest BCUT2D eigenvalue weighted by Gasteiger charge is -2.15. The monoisotopic (exact) mass is 2000 g/mol. The second-order valence-electron chi connectivity index (χ2n) is 41.4. The van der Waals surface area contributed by atoms with Crippen LogP contribution >= 0.6 is 11.6 Å². The highest BCUT2D eigenvalue weighted by molar-refractivity contribution is 6.32. The number of allylic oxidation sites excluding steroid dienone is 7. The van der Waals surface area contributed by atoms with Gasteiger partial charge in [-0.3, -0.25) is 67.1 Å². The average Bonchev–Trinajstić information content (AvgIpc) is 1.61. The molecule has 7 aromatic heterocycles. The standard InChI is InChI=1S/C17H21N3O2.C16H18FN3O2.C16H19N3O2.C15H16ClN3O2.C15H16FN3O2.C15H17N3O2.C13H13N3O2/c1-9(2)4-11-5-13(11)12-6-15(20-19-10(12)3)14-8-18-17(22)7-16(14)21;1-8-9(10-4-12(10)16(2,3)17)5-13(20-19-8)11-7-18-15(22)6-14(11)21;1-8(2)10-4-12(10)11-5-14(19-18-9(11)3)13-7-17-16(21)6-15(13)20;1-7(2)8-3-9(8)10-4-12(18-19-15(10)16)11-6-17-14(21)5-13(11)20;1-7(16)9-3-11(9)10-4-13(19-18-8(10)2)12-6-17-15(21)5-14(12)20;1-3-9-4-11(9)10-5-13(18-17-8(10)2)12-7-16-15(20)6-14(12)19;1-7-9(8-2-3-8)4-11(16-15-7)10-6-14-13(18)5-12(10)17/h6,8-9,11,13H,4-5,7H2,1-3H3,(H,18,22);5,7,10,12H,4,6H2,1-3H3,(H,18,22);5,7-8,10,12H,4,6H2,1-3H3,(H,17,21);4,6-9H,3,5H2,1-2H3,(H,17,21);4,6-7,9,11H,3,5H2,1-2H3,(H,17,21);5,7,9,11H,3-4,6H2,1-2H3,(H,16,20);4,6,8H,2-3,5H2,1H3,(H,14,18)/t11-,13-;2*10-,12+;8-,9+;7?,9-,11?;9-,11-;/m011110./s1. The number of aryl methyl sites for hydroxylation is 6. The van der Waals surface area contributed by atoms with Crippen LogP contribution in [0.3, 0.4) is 0 Å². The Morgan fingerprint density at radius 3 is 0.800 bits per heavy atom. The summed E-state index contributed by atoms with van der Waals surface area (Å²) < 4.78 is 27.4. The van der Waals surface area contributed by atoms with Gasteiger partial charge in [0, 0.05) is 43.4 Å². The molecule has 14 heterocycles. The van der Waals surface area contributed by atoms with Crippen LogP contribution in [-0.2, 0) is 67.1 Å². The number of Topliss-reactive ketones (excluding diaryl/α,β-unsaturated/α-hetero) is 7. The number of nitrogens with zero attached hydrogens (tertiary/aromatic N) is 14. The lowest BCUT2D eigenvalue weighted by molar-refractivity contribution is -0.127. The molecule has 13 atom stereocenters. The van der Waals surface area contributed by atoms with Crippen molar-refractivity contribution in [1.29, 1.82) is 0 Å². The maximum absolute atomic E-state index is 14.1. The molecule has 7 aliphatic heterocycles. The van der Waals surface area contributed by atoms with Crippen molar-refractivity contribution < 1.29 is 75.9 Å². The van der Waals surface area contributed by atoms with Gasteiger partial charge in [0.15, 0.2) is 45.6 Å².